The number of thioether (sulfide) groups is 1. The molecule has 0 aromatic rings. The lowest BCUT2D eigenvalue weighted by molar-refractivity contribution is -0.158. The summed E-state index contributed by atoms with van der Waals surface area (Å²) >= 11 is -1.07. The fourth-order valence-electron chi connectivity index (χ4n) is 3.21. The Morgan fingerprint density at radius 3 is 2.30 bits per heavy atom. The number of carbonyl (C=O) groups excluding carboxylic acids is 1. The lowest BCUT2D eigenvalue weighted by Gasteiger charge is -2.35. The third-order valence-electron chi connectivity index (χ3n) is 4.12. The summed E-state index contributed by atoms with van der Waals surface area (Å²) in [5.74, 6) is -4.95. The molecule has 0 aromatic carbocycles. The Morgan fingerprint density at radius 1 is 1.13 bits per heavy atom. The molecule has 0 saturated heterocycles. The van der Waals surface area contributed by atoms with Crippen molar-refractivity contribution >= 4 is 17.5 Å². The fourth-order valence-corrected chi connectivity index (χ4v) is 4.06. The van der Waals surface area contributed by atoms with Gasteiger partial charge < -0.3 is 4.74 Å². The van der Waals surface area contributed by atoms with Crippen LogP contribution in [-0.2, 0) is 9.53 Å². The zero-order valence-corrected chi connectivity index (χ0v) is 11.9. The van der Waals surface area contributed by atoms with E-state index in [0.717, 1.165) is 0 Å². The van der Waals surface area contributed by atoms with Crippen molar-refractivity contribution in [3.05, 3.63) is 22.8 Å². The van der Waals surface area contributed by atoms with E-state index in [1.807, 2.05) is 0 Å². The van der Waals surface area contributed by atoms with Crippen molar-refractivity contribution in [2.24, 2.45) is 17.8 Å². The number of allylic oxidation sites excluding steroid dienone is 3. The Balaban J connectivity index is 2.01. The number of carbonyl (C=O) groups is 1. The number of alkyl halides is 7. The minimum Gasteiger partial charge on any atom is -0.483 e. The zero-order valence-electron chi connectivity index (χ0n) is 11.1. The lowest BCUT2D eigenvalue weighted by Crippen LogP contribution is -2.42. The Bertz CT molecular complexity index is 596. The third-order valence-corrected chi connectivity index (χ3v) is 5.16. The molecule has 1 heterocycles. The quantitative estimate of drug-likeness (QED) is 0.558. The second-order valence-electron chi connectivity index (χ2n) is 5.54. The second kappa shape index (κ2) is 5.15. The van der Waals surface area contributed by atoms with E-state index in [2.05, 4.69) is 0 Å². The predicted octanol–water partition coefficient (Wildman–Crippen LogP) is 4.14. The van der Waals surface area contributed by atoms with Crippen LogP contribution in [0.4, 0.5) is 30.7 Å². The van der Waals surface area contributed by atoms with Gasteiger partial charge in [0.2, 0.25) is 5.76 Å². The molecule has 10 heteroatoms. The molecule has 1 fully saturated rings. The van der Waals surface area contributed by atoms with Crippen LogP contribution in [0.2, 0.25) is 0 Å². The standard InChI is InChI=1S/C13H9F7O2S/c14-11(15)13(19,20)23-9-7(21)6-4-1-2-5(3-4)8(6)22-10(9)12(16,17)18/h1-2,4-6,8,11H,3H2/t4-,5-,6+,8-/m1/s1. The van der Waals surface area contributed by atoms with E-state index in [0.29, 0.717) is 6.42 Å². The number of rotatable bonds is 3. The van der Waals surface area contributed by atoms with Crippen molar-refractivity contribution in [3.8, 4) is 0 Å². The molecule has 0 N–H and O–H groups in total. The average Bonchev–Trinajstić information content (AvgIpc) is 3.01. The Hall–Kier alpha value is -1.19. The van der Waals surface area contributed by atoms with Crippen LogP contribution < -0.4 is 0 Å². The maximum absolute atomic E-state index is 13.2. The first-order chi connectivity index (χ1) is 10.5. The van der Waals surface area contributed by atoms with E-state index in [4.69, 9.17) is 4.74 Å². The summed E-state index contributed by atoms with van der Waals surface area (Å²) < 4.78 is 94.9. The molecule has 0 amide bonds. The lowest BCUT2D eigenvalue weighted by atomic mass is 9.85. The van der Waals surface area contributed by atoms with Crippen LogP contribution in [0, 0.1) is 17.8 Å². The summed E-state index contributed by atoms with van der Waals surface area (Å²) in [7, 11) is 0. The summed E-state index contributed by atoms with van der Waals surface area (Å²) in [6.45, 7) is 0. The predicted molar refractivity (Wildman–Crippen MR) is 65.7 cm³/mol. The summed E-state index contributed by atoms with van der Waals surface area (Å²) in [4.78, 5) is 10.8. The highest BCUT2D eigenvalue weighted by Gasteiger charge is 2.59. The van der Waals surface area contributed by atoms with Gasteiger partial charge in [0.05, 0.1) is 5.92 Å². The third kappa shape index (κ3) is 2.64. The molecule has 2 nitrogen and oxygen atoms in total. The van der Waals surface area contributed by atoms with Crippen molar-refractivity contribution in [2.75, 3.05) is 0 Å². The molecule has 4 atom stereocenters. The van der Waals surface area contributed by atoms with E-state index in [-0.39, 0.29) is 0 Å². The summed E-state index contributed by atoms with van der Waals surface area (Å²) in [5.41, 5.74) is 0. The molecule has 1 aliphatic heterocycles. The highest BCUT2D eigenvalue weighted by molar-refractivity contribution is 8.05. The van der Waals surface area contributed by atoms with Crippen molar-refractivity contribution in [2.45, 2.75) is 30.4 Å². The smallest absolute Gasteiger partial charge is 0.450 e. The molecule has 0 aromatic heterocycles. The summed E-state index contributed by atoms with van der Waals surface area (Å²) in [6, 6.07) is 0. The van der Waals surface area contributed by atoms with Crippen molar-refractivity contribution < 1.29 is 40.3 Å². The molecule has 1 saturated carbocycles. The summed E-state index contributed by atoms with van der Waals surface area (Å²) in [6.07, 6.45) is -6.88. The molecule has 2 bridgehead atoms. The molecule has 0 unspecified atom stereocenters. The van der Waals surface area contributed by atoms with Crippen LogP contribution in [0.15, 0.2) is 22.8 Å². The molecule has 0 spiro atoms. The van der Waals surface area contributed by atoms with Crippen molar-refractivity contribution in [1.82, 2.24) is 0 Å². The van der Waals surface area contributed by atoms with Crippen LogP contribution in [0.25, 0.3) is 0 Å². The van der Waals surface area contributed by atoms with Crippen LogP contribution >= 0.6 is 11.8 Å². The highest BCUT2D eigenvalue weighted by Crippen LogP contribution is 2.55. The molecule has 0 radical (unpaired) electrons. The van der Waals surface area contributed by atoms with Gasteiger partial charge in [0.25, 0.3) is 0 Å². The van der Waals surface area contributed by atoms with Gasteiger partial charge in [-0.3, -0.25) is 4.79 Å². The second-order valence-corrected chi connectivity index (χ2v) is 6.70. The highest BCUT2D eigenvalue weighted by atomic mass is 32.2. The molecule has 128 valence electrons. The van der Waals surface area contributed by atoms with Gasteiger partial charge in [0.15, 0.2) is 5.78 Å². The molecule has 3 rings (SSSR count). The zero-order chi connectivity index (χ0) is 17.2. The SMILES string of the molecule is O=C1C(SC(F)(F)C(F)F)=C(C(F)(F)F)O[C@H]2[C@H]1[C@@H]1C=C[C@@H]2C1. The van der Waals surface area contributed by atoms with Crippen LogP contribution in [0.3, 0.4) is 0 Å². The number of halogens is 7. The van der Waals surface area contributed by atoms with E-state index in [9.17, 15) is 35.5 Å². The van der Waals surface area contributed by atoms with Gasteiger partial charge >= 0.3 is 17.9 Å². The molecule has 3 aliphatic rings. The largest absolute Gasteiger partial charge is 0.483 e. The van der Waals surface area contributed by atoms with Gasteiger partial charge in [-0.2, -0.15) is 22.0 Å². The molecule has 2 aliphatic carbocycles. The molecule has 23 heavy (non-hydrogen) atoms. The number of hydrogen-bond donors (Lipinski definition) is 0. The molecular weight excluding hydrogens is 353 g/mol. The minimum absolute atomic E-state index is 0.384. The monoisotopic (exact) mass is 362 g/mol. The number of ether oxygens (including phenoxy) is 1. The van der Waals surface area contributed by atoms with Gasteiger partial charge in [0.1, 0.15) is 11.0 Å². The van der Waals surface area contributed by atoms with Gasteiger partial charge in [-0.15, -0.1) is 0 Å². The van der Waals surface area contributed by atoms with Crippen molar-refractivity contribution in [3.63, 3.8) is 0 Å². The van der Waals surface area contributed by atoms with E-state index < -0.39 is 69.9 Å². The van der Waals surface area contributed by atoms with Gasteiger partial charge in [0, 0.05) is 5.92 Å². The van der Waals surface area contributed by atoms with Crippen molar-refractivity contribution in [1.29, 1.82) is 0 Å². The first kappa shape index (κ1) is 16.7. The Kier molecular flexibility index (Phi) is 3.73. The maximum atomic E-state index is 13.2. The normalized spacial score (nSPS) is 33.5. The topological polar surface area (TPSA) is 26.3 Å². The van der Waals surface area contributed by atoms with Gasteiger partial charge in [-0.1, -0.05) is 12.2 Å². The van der Waals surface area contributed by atoms with Crippen LogP contribution in [0.5, 0.6) is 0 Å². The first-order valence-corrected chi connectivity index (χ1v) is 7.39. The average molecular weight is 362 g/mol. The van der Waals surface area contributed by atoms with E-state index in [1.165, 1.54) is 0 Å². The number of hydrogen-bond acceptors (Lipinski definition) is 3. The number of Topliss-reactive ketones (excluding diaryl/α,β-unsaturated/α-hetero) is 1. The minimum atomic E-state index is -5.22. The molecular formula is C13H9F7O2S. The maximum Gasteiger partial charge on any atom is 0.450 e. The number of fused-ring (bicyclic) bond motifs is 5. The van der Waals surface area contributed by atoms with Gasteiger partial charge in [-0.05, 0) is 24.1 Å². The fraction of sp³-hybridized carbons (Fsp3) is 0.615. The number of ketones is 1. The summed E-state index contributed by atoms with van der Waals surface area (Å²) in [5, 5.41) is -4.81. The van der Waals surface area contributed by atoms with Crippen LogP contribution in [0.1, 0.15) is 6.42 Å². The van der Waals surface area contributed by atoms with Crippen LogP contribution in [-0.4, -0.2) is 29.7 Å². The first-order valence-electron chi connectivity index (χ1n) is 6.58. The Labute approximate surface area is 129 Å². The van der Waals surface area contributed by atoms with E-state index in [1.54, 1.807) is 12.2 Å². The van der Waals surface area contributed by atoms with Gasteiger partial charge in [-0.25, -0.2) is 8.78 Å². The Morgan fingerprint density at radius 2 is 1.74 bits per heavy atom. The van der Waals surface area contributed by atoms with E-state index >= 15 is 0 Å².